The topological polar surface area (TPSA) is 22.1 Å². The Balaban J connectivity index is 1.80. The summed E-state index contributed by atoms with van der Waals surface area (Å²) in [5, 5.41) is 0. The van der Waals surface area contributed by atoms with Gasteiger partial charge in [-0.25, -0.2) is 0 Å². The number of rotatable bonds is 3. The highest BCUT2D eigenvalue weighted by Crippen LogP contribution is 2.24. The van der Waals surface area contributed by atoms with Crippen LogP contribution in [0.5, 0.6) is 11.6 Å². The lowest BCUT2D eigenvalue weighted by atomic mass is 10.1. The van der Waals surface area contributed by atoms with E-state index in [0.29, 0.717) is 5.75 Å². The first-order valence-corrected chi connectivity index (χ1v) is 6.27. The molecule has 2 aromatic carbocycles. The van der Waals surface area contributed by atoms with E-state index in [2.05, 4.69) is 4.98 Å². The number of nitrogens with zero attached hydrogens (tertiary/aromatic N) is 1. The van der Waals surface area contributed by atoms with Gasteiger partial charge in [0.15, 0.2) is 0 Å². The molecule has 0 atom stereocenters. The minimum Gasteiger partial charge on any atom is -0.439 e. The Bertz CT molecular complexity index is 696. The van der Waals surface area contributed by atoms with Gasteiger partial charge in [0.25, 0.3) is 0 Å². The average Bonchev–Trinajstić information content (AvgIpc) is 2.49. The van der Waals surface area contributed by atoms with Crippen molar-refractivity contribution in [1.29, 1.82) is 0 Å². The van der Waals surface area contributed by atoms with Crippen LogP contribution < -0.4 is 4.74 Å². The monoisotopic (exact) mass is 265 g/mol. The summed E-state index contributed by atoms with van der Waals surface area (Å²) in [4.78, 5) is 3.66. The Kier molecular flexibility index (Phi) is 3.42. The van der Waals surface area contributed by atoms with Crippen molar-refractivity contribution in [3.8, 4) is 22.8 Å². The van der Waals surface area contributed by atoms with E-state index in [0.717, 1.165) is 11.1 Å². The van der Waals surface area contributed by atoms with Gasteiger partial charge in [0.1, 0.15) is 5.75 Å². The van der Waals surface area contributed by atoms with Gasteiger partial charge in [-0.3, -0.25) is 0 Å². The molecule has 3 heteroatoms. The maximum atomic E-state index is 13.0. The van der Waals surface area contributed by atoms with Crippen LogP contribution in [0.4, 0.5) is 4.39 Å². The molecular weight excluding hydrogens is 253 g/mol. The highest BCUT2D eigenvalue weighted by atomic mass is 19.1. The van der Waals surface area contributed by atoms with Crippen LogP contribution in [0.25, 0.3) is 11.1 Å². The van der Waals surface area contributed by atoms with E-state index in [1.54, 1.807) is 12.1 Å². The van der Waals surface area contributed by atoms with E-state index in [1.807, 2.05) is 54.6 Å². The summed E-state index contributed by atoms with van der Waals surface area (Å²) in [6, 6.07) is 22.1. The summed E-state index contributed by atoms with van der Waals surface area (Å²) in [5.41, 5.74) is 2.24. The molecule has 0 aliphatic heterocycles. The predicted octanol–water partition coefficient (Wildman–Crippen LogP) is 4.68. The average molecular weight is 265 g/mol. The summed E-state index contributed by atoms with van der Waals surface area (Å²) in [6.07, 6.45) is 0. The van der Waals surface area contributed by atoms with Crippen LogP contribution in [0.15, 0.2) is 72.8 Å². The van der Waals surface area contributed by atoms with E-state index in [-0.39, 0.29) is 5.88 Å². The largest absolute Gasteiger partial charge is 0.439 e. The standard InChI is InChI=1S/C17H12FNO/c18-16-7-4-8-17(19-16)20-15-11-9-14(10-12-15)13-5-2-1-3-6-13/h1-12H. The predicted molar refractivity (Wildman–Crippen MR) is 76.1 cm³/mol. The van der Waals surface area contributed by atoms with Crippen LogP contribution in [0.1, 0.15) is 0 Å². The summed E-state index contributed by atoms with van der Waals surface area (Å²) in [7, 11) is 0. The summed E-state index contributed by atoms with van der Waals surface area (Å²) >= 11 is 0. The molecule has 1 heterocycles. The fourth-order valence-corrected chi connectivity index (χ4v) is 1.91. The van der Waals surface area contributed by atoms with Crippen molar-refractivity contribution in [2.45, 2.75) is 0 Å². The molecule has 0 saturated carbocycles. The second kappa shape index (κ2) is 5.53. The molecule has 0 aliphatic carbocycles. The van der Waals surface area contributed by atoms with Gasteiger partial charge in [-0.2, -0.15) is 9.37 Å². The lowest BCUT2D eigenvalue weighted by Gasteiger charge is -2.06. The van der Waals surface area contributed by atoms with Crippen LogP contribution in [0, 0.1) is 5.95 Å². The van der Waals surface area contributed by atoms with Crippen molar-refractivity contribution in [3.05, 3.63) is 78.7 Å². The van der Waals surface area contributed by atoms with Gasteiger partial charge < -0.3 is 4.74 Å². The fraction of sp³-hybridized carbons (Fsp3) is 0. The summed E-state index contributed by atoms with van der Waals surface area (Å²) < 4.78 is 18.5. The maximum absolute atomic E-state index is 13.0. The van der Waals surface area contributed by atoms with Crippen molar-refractivity contribution in [3.63, 3.8) is 0 Å². The number of hydrogen-bond donors (Lipinski definition) is 0. The van der Waals surface area contributed by atoms with Crippen molar-refractivity contribution < 1.29 is 9.13 Å². The maximum Gasteiger partial charge on any atom is 0.221 e. The van der Waals surface area contributed by atoms with Gasteiger partial charge in [0, 0.05) is 6.07 Å². The van der Waals surface area contributed by atoms with Gasteiger partial charge in [-0.1, -0.05) is 48.5 Å². The molecular formula is C17H12FNO. The first-order chi connectivity index (χ1) is 9.81. The van der Waals surface area contributed by atoms with Gasteiger partial charge in [0.05, 0.1) is 0 Å². The number of benzene rings is 2. The highest BCUT2D eigenvalue weighted by Gasteiger charge is 2.01. The third-order valence-electron chi connectivity index (χ3n) is 2.87. The molecule has 2 nitrogen and oxygen atoms in total. The van der Waals surface area contributed by atoms with Crippen LogP contribution in [-0.2, 0) is 0 Å². The molecule has 0 spiro atoms. The van der Waals surface area contributed by atoms with Gasteiger partial charge in [-0.15, -0.1) is 0 Å². The minimum atomic E-state index is -0.552. The molecule has 3 aromatic rings. The second-order valence-electron chi connectivity index (χ2n) is 4.29. The second-order valence-corrected chi connectivity index (χ2v) is 4.29. The molecule has 1 aromatic heterocycles. The molecule has 20 heavy (non-hydrogen) atoms. The molecule has 0 N–H and O–H groups in total. The highest BCUT2D eigenvalue weighted by molar-refractivity contribution is 5.63. The minimum absolute atomic E-state index is 0.248. The lowest BCUT2D eigenvalue weighted by Crippen LogP contribution is -1.89. The van der Waals surface area contributed by atoms with Crippen molar-refractivity contribution >= 4 is 0 Å². The normalized spacial score (nSPS) is 10.2. The van der Waals surface area contributed by atoms with Crippen LogP contribution in [0.2, 0.25) is 0 Å². The molecule has 0 fully saturated rings. The van der Waals surface area contributed by atoms with Crippen molar-refractivity contribution in [2.24, 2.45) is 0 Å². The molecule has 3 rings (SSSR count). The fourth-order valence-electron chi connectivity index (χ4n) is 1.91. The van der Waals surface area contributed by atoms with E-state index in [9.17, 15) is 4.39 Å². The molecule has 0 bridgehead atoms. The lowest BCUT2D eigenvalue weighted by molar-refractivity contribution is 0.445. The van der Waals surface area contributed by atoms with Crippen LogP contribution in [0.3, 0.4) is 0 Å². The number of ether oxygens (including phenoxy) is 1. The van der Waals surface area contributed by atoms with E-state index in [4.69, 9.17) is 4.74 Å². The number of hydrogen-bond acceptors (Lipinski definition) is 2. The van der Waals surface area contributed by atoms with Gasteiger partial charge >= 0.3 is 0 Å². The zero-order valence-corrected chi connectivity index (χ0v) is 10.7. The SMILES string of the molecule is Fc1cccc(Oc2ccc(-c3ccccc3)cc2)n1. The smallest absolute Gasteiger partial charge is 0.221 e. The van der Waals surface area contributed by atoms with Crippen LogP contribution in [-0.4, -0.2) is 4.98 Å². The number of aromatic nitrogens is 1. The zero-order valence-electron chi connectivity index (χ0n) is 10.7. The Hall–Kier alpha value is -2.68. The van der Waals surface area contributed by atoms with E-state index in [1.165, 1.54) is 6.07 Å². The van der Waals surface area contributed by atoms with Crippen LogP contribution >= 0.6 is 0 Å². The van der Waals surface area contributed by atoms with E-state index < -0.39 is 5.95 Å². The molecule has 0 radical (unpaired) electrons. The number of halogens is 1. The molecule has 98 valence electrons. The van der Waals surface area contributed by atoms with Gasteiger partial charge in [-0.05, 0) is 29.3 Å². The first-order valence-electron chi connectivity index (χ1n) is 6.27. The first kappa shape index (κ1) is 12.4. The Labute approximate surface area is 116 Å². The summed E-state index contributed by atoms with van der Waals surface area (Å²) in [6.45, 7) is 0. The molecule has 0 amide bonds. The Morgan fingerprint density at radius 2 is 1.40 bits per heavy atom. The Morgan fingerprint density at radius 1 is 0.700 bits per heavy atom. The van der Waals surface area contributed by atoms with Crippen molar-refractivity contribution in [2.75, 3.05) is 0 Å². The van der Waals surface area contributed by atoms with Gasteiger partial charge in [0.2, 0.25) is 11.8 Å². The van der Waals surface area contributed by atoms with E-state index >= 15 is 0 Å². The third-order valence-corrected chi connectivity index (χ3v) is 2.87. The molecule has 0 saturated heterocycles. The molecule has 0 aliphatic rings. The molecule has 0 unspecified atom stereocenters. The number of pyridine rings is 1. The quantitative estimate of drug-likeness (QED) is 0.641. The third kappa shape index (κ3) is 2.83. The van der Waals surface area contributed by atoms with Crippen molar-refractivity contribution in [1.82, 2.24) is 4.98 Å². The Morgan fingerprint density at radius 3 is 2.10 bits per heavy atom. The zero-order chi connectivity index (χ0) is 13.8. The summed E-state index contributed by atoms with van der Waals surface area (Å²) in [5.74, 6) is 0.323.